The van der Waals surface area contributed by atoms with E-state index in [1.807, 2.05) is 66.9 Å². The molecular formula is C23H22N4OS. The lowest BCUT2D eigenvalue weighted by atomic mass is 10.0. The van der Waals surface area contributed by atoms with Crippen molar-refractivity contribution in [2.24, 2.45) is 0 Å². The van der Waals surface area contributed by atoms with Gasteiger partial charge in [-0.1, -0.05) is 49.4 Å². The maximum Gasteiger partial charge on any atom is 0.255 e. The van der Waals surface area contributed by atoms with E-state index in [9.17, 15) is 4.79 Å². The number of benzene rings is 2. The lowest BCUT2D eigenvalue weighted by Crippen LogP contribution is -2.23. The summed E-state index contributed by atoms with van der Waals surface area (Å²) in [5.41, 5.74) is 5.05. The van der Waals surface area contributed by atoms with Crippen molar-refractivity contribution in [2.75, 3.05) is 0 Å². The summed E-state index contributed by atoms with van der Waals surface area (Å²) in [6, 6.07) is 17.8. The number of amides is 1. The number of hydrogen-bond donors (Lipinski definition) is 1. The third-order valence-corrected chi connectivity index (χ3v) is 5.75. The number of carbonyl (C=O) groups is 1. The van der Waals surface area contributed by atoms with Gasteiger partial charge in [-0.05, 0) is 31.0 Å². The highest BCUT2D eigenvalue weighted by molar-refractivity contribution is 7.09. The summed E-state index contributed by atoms with van der Waals surface area (Å²) in [5.74, 6) is -0.156. The van der Waals surface area contributed by atoms with Crippen molar-refractivity contribution in [3.63, 3.8) is 0 Å². The average Bonchev–Trinajstić information content (AvgIpc) is 3.40. The fraction of sp³-hybridized carbons (Fsp3) is 0.174. The molecule has 4 aromatic rings. The second kappa shape index (κ2) is 8.41. The molecule has 0 aliphatic heterocycles. The van der Waals surface area contributed by atoms with E-state index >= 15 is 0 Å². The van der Waals surface area contributed by atoms with Gasteiger partial charge in [-0.3, -0.25) is 4.79 Å². The van der Waals surface area contributed by atoms with Crippen molar-refractivity contribution in [3.05, 3.63) is 88.0 Å². The lowest BCUT2D eigenvalue weighted by Gasteiger charge is -2.06. The topological polar surface area (TPSA) is 59.8 Å². The Hall–Kier alpha value is -3.25. The van der Waals surface area contributed by atoms with Crippen LogP contribution in [0.1, 0.15) is 33.5 Å². The van der Waals surface area contributed by atoms with Crippen molar-refractivity contribution >= 4 is 17.2 Å². The molecule has 1 amide bonds. The number of nitrogens with zero attached hydrogens (tertiary/aromatic N) is 3. The highest BCUT2D eigenvalue weighted by atomic mass is 32.1. The number of aromatic nitrogens is 3. The molecule has 2 aromatic carbocycles. The number of aryl methyl sites for hydroxylation is 2. The normalized spacial score (nSPS) is 10.8. The predicted octanol–water partition coefficient (Wildman–Crippen LogP) is 4.80. The molecule has 0 atom stereocenters. The van der Waals surface area contributed by atoms with Gasteiger partial charge in [0, 0.05) is 17.1 Å². The fourth-order valence-corrected chi connectivity index (χ4v) is 3.89. The van der Waals surface area contributed by atoms with Crippen molar-refractivity contribution in [2.45, 2.75) is 26.8 Å². The van der Waals surface area contributed by atoms with Crippen LogP contribution in [0.2, 0.25) is 0 Å². The van der Waals surface area contributed by atoms with Crippen LogP contribution in [0.3, 0.4) is 0 Å². The number of carbonyl (C=O) groups excluding carboxylic acids is 1. The molecule has 0 unspecified atom stereocenters. The molecule has 0 fully saturated rings. The Morgan fingerprint density at radius 1 is 1.10 bits per heavy atom. The Kier molecular flexibility index (Phi) is 5.53. The van der Waals surface area contributed by atoms with Crippen LogP contribution in [-0.4, -0.2) is 20.7 Å². The standard InChI is InChI=1S/C23H22N4OS/c1-3-21-25-17(15-29-21)13-24-23(28)20-14-27(18-10-5-4-6-11-18)26-22(20)19-12-8-7-9-16(19)2/h4-12,14-15H,3,13H2,1-2H3,(H,24,28). The van der Waals surface area contributed by atoms with Crippen LogP contribution in [-0.2, 0) is 13.0 Å². The molecule has 146 valence electrons. The molecule has 0 radical (unpaired) electrons. The van der Waals surface area contributed by atoms with Gasteiger partial charge in [0.1, 0.15) is 5.69 Å². The molecule has 0 saturated heterocycles. The van der Waals surface area contributed by atoms with Gasteiger partial charge < -0.3 is 5.32 Å². The van der Waals surface area contributed by atoms with Gasteiger partial charge in [0.05, 0.1) is 28.5 Å². The van der Waals surface area contributed by atoms with Crippen LogP contribution in [0.15, 0.2) is 66.2 Å². The molecular weight excluding hydrogens is 380 g/mol. The Bertz CT molecular complexity index is 1130. The smallest absolute Gasteiger partial charge is 0.255 e. The Morgan fingerprint density at radius 2 is 1.86 bits per heavy atom. The first-order chi connectivity index (χ1) is 14.2. The molecule has 0 saturated carbocycles. The van der Waals surface area contributed by atoms with E-state index in [0.29, 0.717) is 17.8 Å². The molecule has 5 nitrogen and oxygen atoms in total. The van der Waals surface area contributed by atoms with E-state index in [1.54, 1.807) is 22.2 Å². The van der Waals surface area contributed by atoms with Crippen LogP contribution in [0.25, 0.3) is 16.9 Å². The van der Waals surface area contributed by atoms with Gasteiger partial charge in [0.2, 0.25) is 0 Å². The molecule has 2 aromatic heterocycles. The van der Waals surface area contributed by atoms with Gasteiger partial charge in [-0.2, -0.15) is 5.10 Å². The minimum Gasteiger partial charge on any atom is -0.346 e. The molecule has 0 aliphatic carbocycles. The fourth-order valence-electron chi connectivity index (χ4n) is 3.15. The van der Waals surface area contributed by atoms with E-state index in [-0.39, 0.29) is 5.91 Å². The van der Waals surface area contributed by atoms with Crippen LogP contribution < -0.4 is 5.32 Å². The Morgan fingerprint density at radius 3 is 2.59 bits per heavy atom. The zero-order chi connectivity index (χ0) is 20.2. The van der Waals surface area contributed by atoms with E-state index in [4.69, 9.17) is 5.10 Å². The van der Waals surface area contributed by atoms with E-state index in [1.165, 1.54) is 0 Å². The summed E-state index contributed by atoms with van der Waals surface area (Å²) in [4.78, 5) is 17.6. The second-order valence-electron chi connectivity index (χ2n) is 6.76. The summed E-state index contributed by atoms with van der Waals surface area (Å²) in [6.07, 6.45) is 2.70. The van der Waals surface area contributed by atoms with Crippen molar-refractivity contribution in [1.82, 2.24) is 20.1 Å². The number of hydrogen-bond acceptors (Lipinski definition) is 4. The van der Waals surface area contributed by atoms with Gasteiger partial charge in [0.25, 0.3) is 5.91 Å². The molecule has 2 heterocycles. The zero-order valence-electron chi connectivity index (χ0n) is 16.4. The SMILES string of the molecule is CCc1nc(CNC(=O)c2cn(-c3ccccc3)nc2-c2ccccc2C)cs1. The van der Waals surface area contributed by atoms with E-state index in [2.05, 4.69) is 17.2 Å². The molecule has 1 N–H and O–H groups in total. The lowest BCUT2D eigenvalue weighted by molar-refractivity contribution is 0.0951. The minimum absolute atomic E-state index is 0.156. The maximum atomic E-state index is 13.1. The van der Waals surface area contributed by atoms with Gasteiger partial charge in [0.15, 0.2) is 0 Å². The molecule has 0 spiro atoms. The largest absolute Gasteiger partial charge is 0.346 e. The van der Waals surface area contributed by atoms with Crippen LogP contribution >= 0.6 is 11.3 Å². The van der Waals surface area contributed by atoms with Crippen molar-refractivity contribution in [1.29, 1.82) is 0 Å². The van der Waals surface area contributed by atoms with Crippen LogP contribution in [0.5, 0.6) is 0 Å². The average molecular weight is 403 g/mol. The highest BCUT2D eigenvalue weighted by Crippen LogP contribution is 2.26. The first kappa shape index (κ1) is 19.1. The van der Waals surface area contributed by atoms with Crippen LogP contribution in [0, 0.1) is 6.92 Å². The molecule has 29 heavy (non-hydrogen) atoms. The number of rotatable bonds is 6. The van der Waals surface area contributed by atoms with E-state index < -0.39 is 0 Å². The van der Waals surface area contributed by atoms with Crippen LogP contribution in [0.4, 0.5) is 0 Å². The summed E-state index contributed by atoms with van der Waals surface area (Å²) in [6.45, 7) is 4.51. The predicted molar refractivity (Wildman–Crippen MR) is 116 cm³/mol. The number of thiazole rings is 1. The van der Waals surface area contributed by atoms with Crippen molar-refractivity contribution in [3.8, 4) is 16.9 Å². The highest BCUT2D eigenvalue weighted by Gasteiger charge is 2.20. The van der Waals surface area contributed by atoms with Crippen molar-refractivity contribution < 1.29 is 4.79 Å². The summed E-state index contributed by atoms with van der Waals surface area (Å²) in [7, 11) is 0. The van der Waals surface area contributed by atoms with E-state index in [0.717, 1.165) is 33.9 Å². The number of para-hydroxylation sites is 1. The molecule has 4 rings (SSSR count). The number of nitrogens with one attached hydrogen (secondary N) is 1. The second-order valence-corrected chi connectivity index (χ2v) is 7.70. The third-order valence-electron chi connectivity index (χ3n) is 4.71. The molecule has 0 bridgehead atoms. The monoisotopic (exact) mass is 402 g/mol. The first-order valence-corrected chi connectivity index (χ1v) is 10.5. The maximum absolute atomic E-state index is 13.1. The summed E-state index contributed by atoms with van der Waals surface area (Å²) in [5, 5.41) is 10.8. The Balaban J connectivity index is 1.67. The summed E-state index contributed by atoms with van der Waals surface area (Å²) < 4.78 is 1.76. The Labute approximate surface area is 174 Å². The minimum atomic E-state index is -0.156. The molecule has 6 heteroatoms. The third kappa shape index (κ3) is 4.12. The zero-order valence-corrected chi connectivity index (χ0v) is 17.2. The first-order valence-electron chi connectivity index (χ1n) is 9.58. The molecule has 0 aliphatic rings. The summed E-state index contributed by atoms with van der Waals surface area (Å²) >= 11 is 1.62. The quantitative estimate of drug-likeness (QED) is 0.504. The van der Waals surface area contributed by atoms with Gasteiger partial charge in [-0.15, -0.1) is 11.3 Å². The van der Waals surface area contributed by atoms with Gasteiger partial charge >= 0.3 is 0 Å². The van der Waals surface area contributed by atoms with Gasteiger partial charge in [-0.25, -0.2) is 9.67 Å².